The molecule has 0 aromatic heterocycles. The highest BCUT2D eigenvalue weighted by molar-refractivity contribution is 5.85. The summed E-state index contributed by atoms with van der Waals surface area (Å²) in [6, 6.07) is 10.1. The standard InChI is InChI=1S/C28H44N2O5/c1-25(2)16-22(17-26(3,4)29(25)33)24(32)34-19-23(31)21-14-27(5,6)30(28(7,8)15-21)35-18-20-12-10-9-11-13-20/h9-13,21-22,33H,14-19H2,1-8H3. The van der Waals surface area contributed by atoms with Crippen molar-refractivity contribution in [3.8, 4) is 0 Å². The van der Waals surface area contributed by atoms with Gasteiger partial charge in [-0.2, -0.15) is 10.1 Å². The van der Waals surface area contributed by atoms with E-state index >= 15 is 0 Å². The molecule has 0 amide bonds. The van der Waals surface area contributed by atoms with Crippen molar-refractivity contribution >= 4 is 11.8 Å². The summed E-state index contributed by atoms with van der Waals surface area (Å²) in [5.41, 5.74) is -0.708. The number of rotatable bonds is 7. The quantitative estimate of drug-likeness (QED) is 0.531. The topological polar surface area (TPSA) is 79.3 Å². The number of Topliss-reactive ketones (excluding diaryl/α,β-unsaturated/α-hetero) is 1. The molecule has 7 nitrogen and oxygen atoms in total. The van der Waals surface area contributed by atoms with Crippen LogP contribution >= 0.6 is 0 Å². The second kappa shape index (κ2) is 9.92. The third-order valence-electron chi connectivity index (χ3n) is 7.58. The number of ketones is 1. The normalized spacial score (nSPS) is 24.7. The first kappa shape index (κ1) is 27.8. The molecule has 196 valence electrons. The maximum atomic E-state index is 13.2. The molecule has 2 saturated heterocycles. The molecule has 0 saturated carbocycles. The second-order valence-corrected chi connectivity index (χ2v) is 12.9. The Morgan fingerprint density at radius 1 is 0.829 bits per heavy atom. The zero-order chi connectivity index (χ0) is 26.2. The molecule has 0 atom stereocenters. The first-order valence-electron chi connectivity index (χ1n) is 12.7. The van der Waals surface area contributed by atoms with Gasteiger partial charge < -0.3 is 9.94 Å². The lowest BCUT2D eigenvalue weighted by Crippen LogP contribution is -2.61. The first-order valence-corrected chi connectivity index (χ1v) is 12.7. The van der Waals surface area contributed by atoms with Gasteiger partial charge in [-0.15, -0.1) is 0 Å². The highest BCUT2D eigenvalue weighted by Gasteiger charge is 2.50. The summed E-state index contributed by atoms with van der Waals surface area (Å²) in [7, 11) is 0. The summed E-state index contributed by atoms with van der Waals surface area (Å²) in [5.74, 6) is -0.955. The van der Waals surface area contributed by atoms with Gasteiger partial charge in [-0.1, -0.05) is 30.3 Å². The van der Waals surface area contributed by atoms with Crippen LogP contribution in [0, 0.1) is 11.8 Å². The molecule has 0 bridgehead atoms. The first-order chi connectivity index (χ1) is 16.1. The summed E-state index contributed by atoms with van der Waals surface area (Å²) < 4.78 is 5.55. The van der Waals surface area contributed by atoms with Gasteiger partial charge in [0, 0.05) is 28.1 Å². The Morgan fingerprint density at radius 3 is 1.83 bits per heavy atom. The van der Waals surface area contributed by atoms with Crippen LogP contribution in [0.5, 0.6) is 0 Å². The molecule has 0 unspecified atom stereocenters. The van der Waals surface area contributed by atoms with Crippen molar-refractivity contribution in [2.24, 2.45) is 11.8 Å². The summed E-state index contributed by atoms with van der Waals surface area (Å²) in [5, 5.41) is 13.9. The summed E-state index contributed by atoms with van der Waals surface area (Å²) in [6.45, 7) is 16.3. The number of benzene rings is 1. The zero-order valence-electron chi connectivity index (χ0n) is 22.8. The Hall–Kier alpha value is -1.80. The van der Waals surface area contributed by atoms with Crippen LogP contribution < -0.4 is 0 Å². The predicted molar refractivity (Wildman–Crippen MR) is 134 cm³/mol. The van der Waals surface area contributed by atoms with Gasteiger partial charge in [-0.05, 0) is 86.6 Å². The van der Waals surface area contributed by atoms with Gasteiger partial charge in [0.15, 0.2) is 5.78 Å². The van der Waals surface area contributed by atoms with Gasteiger partial charge in [0.05, 0.1) is 12.5 Å². The van der Waals surface area contributed by atoms with E-state index < -0.39 is 11.1 Å². The van der Waals surface area contributed by atoms with Gasteiger partial charge in [0.2, 0.25) is 0 Å². The molecule has 0 aliphatic carbocycles. The van der Waals surface area contributed by atoms with E-state index in [4.69, 9.17) is 9.57 Å². The van der Waals surface area contributed by atoms with E-state index in [0.717, 1.165) is 5.56 Å². The van der Waals surface area contributed by atoms with Crippen molar-refractivity contribution in [2.45, 2.75) is 110 Å². The Labute approximate surface area is 210 Å². The molecular weight excluding hydrogens is 444 g/mol. The Morgan fingerprint density at radius 2 is 1.31 bits per heavy atom. The average molecular weight is 489 g/mol. The third-order valence-corrected chi connectivity index (χ3v) is 7.58. The van der Waals surface area contributed by atoms with Crippen LogP contribution in [0.2, 0.25) is 0 Å². The molecule has 7 heteroatoms. The molecular formula is C28H44N2O5. The molecule has 1 aromatic carbocycles. The van der Waals surface area contributed by atoms with Crippen LogP contribution in [0.3, 0.4) is 0 Å². The van der Waals surface area contributed by atoms with Gasteiger partial charge in [-0.3, -0.25) is 14.4 Å². The van der Waals surface area contributed by atoms with Crippen LogP contribution in [-0.4, -0.2) is 55.8 Å². The molecule has 0 spiro atoms. The maximum Gasteiger partial charge on any atom is 0.309 e. The highest BCUT2D eigenvalue weighted by Crippen LogP contribution is 2.43. The second-order valence-electron chi connectivity index (χ2n) is 12.9. The Balaban J connectivity index is 1.59. The minimum absolute atomic E-state index is 0.0414. The summed E-state index contributed by atoms with van der Waals surface area (Å²) >= 11 is 0. The fourth-order valence-electron chi connectivity index (χ4n) is 6.37. The number of piperidine rings is 2. The average Bonchev–Trinajstić information content (AvgIpc) is 2.74. The fraction of sp³-hybridized carbons (Fsp3) is 0.714. The lowest BCUT2D eigenvalue weighted by Gasteiger charge is -2.53. The van der Waals surface area contributed by atoms with Crippen LogP contribution in [0.1, 0.15) is 86.6 Å². The van der Waals surface area contributed by atoms with Gasteiger partial charge in [0.25, 0.3) is 0 Å². The number of hydroxylamine groups is 4. The third kappa shape index (κ3) is 6.31. The number of nitrogens with zero attached hydrogens (tertiary/aromatic N) is 2. The summed E-state index contributed by atoms with van der Waals surface area (Å²) in [4.78, 5) is 32.3. The minimum Gasteiger partial charge on any atom is -0.457 e. The number of carbonyl (C=O) groups excluding carboxylic acids is 2. The van der Waals surface area contributed by atoms with Crippen LogP contribution in [0.25, 0.3) is 0 Å². The van der Waals surface area contributed by atoms with Gasteiger partial charge in [0.1, 0.15) is 6.61 Å². The fourth-order valence-corrected chi connectivity index (χ4v) is 6.37. The van der Waals surface area contributed by atoms with E-state index in [1.807, 2.05) is 63.1 Å². The molecule has 2 heterocycles. The van der Waals surface area contributed by atoms with E-state index in [-0.39, 0.29) is 41.3 Å². The van der Waals surface area contributed by atoms with Crippen molar-refractivity contribution in [2.75, 3.05) is 6.61 Å². The predicted octanol–water partition coefficient (Wildman–Crippen LogP) is 5.16. The number of hydrogen-bond donors (Lipinski definition) is 1. The van der Waals surface area contributed by atoms with Crippen molar-refractivity contribution in [1.82, 2.24) is 10.1 Å². The van der Waals surface area contributed by atoms with Crippen LogP contribution in [0.4, 0.5) is 0 Å². The molecule has 35 heavy (non-hydrogen) atoms. The monoisotopic (exact) mass is 488 g/mol. The Kier molecular flexibility index (Phi) is 7.88. The van der Waals surface area contributed by atoms with Crippen molar-refractivity contribution in [3.63, 3.8) is 0 Å². The molecule has 2 fully saturated rings. The number of esters is 1. The molecule has 1 aromatic rings. The number of hydrogen-bond acceptors (Lipinski definition) is 7. The van der Waals surface area contributed by atoms with Crippen molar-refractivity contribution in [1.29, 1.82) is 0 Å². The van der Waals surface area contributed by atoms with Crippen molar-refractivity contribution < 1.29 is 24.4 Å². The molecule has 1 N–H and O–H groups in total. The van der Waals surface area contributed by atoms with Gasteiger partial charge in [-0.25, -0.2) is 0 Å². The van der Waals surface area contributed by atoms with Gasteiger partial charge >= 0.3 is 5.97 Å². The maximum absolute atomic E-state index is 13.2. The lowest BCUT2D eigenvalue weighted by molar-refractivity contribution is -0.293. The summed E-state index contributed by atoms with van der Waals surface area (Å²) in [6.07, 6.45) is 2.23. The number of ether oxygens (including phenoxy) is 1. The van der Waals surface area contributed by atoms with E-state index in [1.165, 1.54) is 5.06 Å². The number of carbonyl (C=O) groups is 2. The largest absolute Gasteiger partial charge is 0.457 e. The van der Waals surface area contributed by atoms with E-state index in [2.05, 4.69) is 27.7 Å². The zero-order valence-corrected chi connectivity index (χ0v) is 22.8. The Bertz CT molecular complexity index is 873. The molecule has 2 aliphatic rings. The van der Waals surface area contributed by atoms with Crippen molar-refractivity contribution in [3.05, 3.63) is 35.9 Å². The molecule has 2 aliphatic heterocycles. The van der Waals surface area contributed by atoms with Crippen LogP contribution in [0.15, 0.2) is 30.3 Å². The smallest absolute Gasteiger partial charge is 0.309 e. The minimum atomic E-state index is -0.546. The SMILES string of the molecule is CC1(C)CC(C(=O)OCC(=O)C2CC(C)(C)N(OCc3ccccc3)C(C)(C)C2)CC(C)(C)N1O. The highest BCUT2D eigenvalue weighted by atomic mass is 16.7. The van der Waals surface area contributed by atoms with E-state index in [9.17, 15) is 14.8 Å². The molecule has 0 radical (unpaired) electrons. The van der Waals surface area contributed by atoms with E-state index in [1.54, 1.807) is 0 Å². The lowest BCUT2D eigenvalue weighted by atomic mass is 9.73. The van der Waals surface area contributed by atoms with E-state index in [0.29, 0.717) is 32.3 Å². The molecule has 3 rings (SSSR count). The van der Waals surface area contributed by atoms with Crippen LogP contribution in [-0.2, 0) is 25.8 Å².